The van der Waals surface area contributed by atoms with Crippen molar-refractivity contribution in [1.29, 1.82) is 0 Å². The molecule has 184 valence electrons. The van der Waals surface area contributed by atoms with Crippen LogP contribution in [-0.4, -0.2) is 35.6 Å². The first-order valence-electron chi connectivity index (χ1n) is 11.4. The van der Waals surface area contributed by atoms with Crippen LogP contribution in [0.4, 0.5) is 11.4 Å². The lowest BCUT2D eigenvalue weighted by atomic mass is 10.1. The van der Waals surface area contributed by atoms with Crippen molar-refractivity contribution >= 4 is 23.2 Å². The number of ether oxygens (including phenoxy) is 2. The molecule has 4 aromatic rings. The van der Waals surface area contributed by atoms with Gasteiger partial charge in [0.15, 0.2) is 0 Å². The summed E-state index contributed by atoms with van der Waals surface area (Å²) in [6, 6.07) is 20.6. The van der Waals surface area contributed by atoms with Crippen LogP contribution in [0, 0.1) is 6.92 Å². The summed E-state index contributed by atoms with van der Waals surface area (Å²) in [6.07, 6.45) is 3.57. The highest BCUT2D eigenvalue weighted by Gasteiger charge is 2.13. The summed E-state index contributed by atoms with van der Waals surface area (Å²) in [5.41, 5.74) is 4.51. The molecule has 0 bridgehead atoms. The van der Waals surface area contributed by atoms with Gasteiger partial charge in [-0.2, -0.15) is 0 Å². The third-order valence-electron chi connectivity index (χ3n) is 5.57. The van der Waals surface area contributed by atoms with Gasteiger partial charge in [-0.05, 0) is 60.0 Å². The van der Waals surface area contributed by atoms with Crippen molar-refractivity contribution in [1.82, 2.24) is 9.55 Å². The predicted octanol–water partition coefficient (Wildman–Crippen LogP) is 4.69. The molecule has 0 aliphatic carbocycles. The van der Waals surface area contributed by atoms with Crippen LogP contribution in [0.1, 0.15) is 27.2 Å². The quantitative estimate of drug-likeness (QED) is 0.359. The second kappa shape index (κ2) is 11.2. The van der Waals surface area contributed by atoms with Crippen molar-refractivity contribution in [2.45, 2.75) is 19.9 Å². The molecule has 0 aliphatic heterocycles. The van der Waals surface area contributed by atoms with Gasteiger partial charge in [0.05, 0.1) is 32.7 Å². The highest BCUT2D eigenvalue weighted by molar-refractivity contribution is 6.03. The molecule has 2 amide bonds. The molecule has 0 unspecified atom stereocenters. The van der Waals surface area contributed by atoms with Gasteiger partial charge < -0.3 is 24.7 Å². The molecule has 0 radical (unpaired) electrons. The van der Waals surface area contributed by atoms with E-state index in [0.29, 0.717) is 29.4 Å². The van der Waals surface area contributed by atoms with Gasteiger partial charge in [0.25, 0.3) is 5.91 Å². The number of carbonyl (C=O) groups is 2. The van der Waals surface area contributed by atoms with Crippen LogP contribution < -0.4 is 20.1 Å². The van der Waals surface area contributed by atoms with Gasteiger partial charge in [0.1, 0.15) is 17.2 Å². The van der Waals surface area contributed by atoms with Crippen LogP contribution in [0.5, 0.6) is 11.5 Å². The molecule has 0 saturated heterocycles. The molecule has 0 fully saturated rings. The van der Waals surface area contributed by atoms with Crippen LogP contribution in [0.15, 0.2) is 79.3 Å². The van der Waals surface area contributed by atoms with E-state index < -0.39 is 0 Å². The van der Waals surface area contributed by atoms with Crippen molar-refractivity contribution < 1.29 is 19.1 Å². The van der Waals surface area contributed by atoms with E-state index in [0.717, 1.165) is 22.4 Å². The zero-order chi connectivity index (χ0) is 25.5. The lowest BCUT2D eigenvalue weighted by Crippen LogP contribution is -2.14. The van der Waals surface area contributed by atoms with E-state index in [2.05, 4.69) is 15.6 Å². The molecule has 0 saturated carbocycles. The first-order chi connectivity index (χ1) is 17.4. The second-order valence-electron chi connectivity index (χ2n) is 8.36. The Morgan fingerprint density at radius 2 is 1.72 bits per heavy atom. The fourth-order valence-corrected chi connectivity index (χ4v) is 3.75. The van der Waals surface area contributed by atoms with Gasteiger partial charge in [0, 0.05) is 18.4 Å². The molecule has 4 rings (SSSR count). The van der Waals surface area contributed by atoms with Crippen molar-refractivity contribution in [2.24, 2.45) is 0 Å². The SMILES string of the molecule is COc1cccc(CC(=O)Nc2ccc(Cn3cnc(C(=O)Nc4cc(C)ccc4OC)c3)cc2)c1. The Hall–Kier alpha value is -4.59. The standard InChI is InChI=1S/C28H28N4O4/c1-19-7-12-26(36-3)24(13-19)31-28(34)25-17-32(18-29-25)16-20-8-10-22(11-9-20)30-27(33)15-21-5-4-6-23(14-21)35-2/h4-14,17-18H,15-16H2,1-3H3,(H,30,33)(H,31,34). The maximum atomic E-state index is 12.7. The summed E-state index contributed by atoms with van der Waals surface area (Å²) in [7, 11) is 3.16. The van der Waals surface area contributed by atoms with Gasteiger partial charge in [-0.15, -0.1) is 0 Å². The van der Waals surface area contributed by atoms with Crippen LogP contribution in [0.3, 0.4) is 0 Å². The van der Waals surface area contributed by atoms with E-state index in [4.69, 9.17) is 9.47 Å². The Labute approximate surface area is 209 Å². The van der Waals surface area contributed by atoms with E-state index in [1.165, 1.54) is 0 Å². The number of imidazole rings is 1. The lowest BCUT2D eigenvalue weighted by molar-refractivity contribution is -0.115. The fraction of sp³-hybridized carbons (Fsp3) is 0.179. The number of hydrogen-bond donors (Lipinski definition) is 2. The average molecular weight is 485 g/mol. The van der Waals surface area contributed by atoms with E-state index >= 15 is 0 Å². The van der Waals surface area contributed by atoms with E-state index in [9.17, 15) is 9.59 Å². The molecule has 36 heavy (non-hydrogen) atoms. The summed E-state index contributed by atoms with van der Waals surface area (Å²) >= 11 is 0. The Balaban J connectivity index is 1.33. The minimum Gasteiger partial charge on any atom is -0.497 e. The Morgan fingerprint density at radius 3 is 2.47 bits per heavy atom. The van der Waals surface area contributed by atoms with Crippen LogP contribution in [-0.2, 0) is 17.8 Å². The number of rotatable bonds is 9. The zero-order valence-electron chi connectivity index (χ0n) is 20.4. The topological polar surface area (TPSA) is 94.5 Å². The van der Waals surface area contributed by atoms with Gasteiger partial charge in [-0.1, -0.05) is 30.3 Å². The van der Waals surface area contributed by atoms with E-state index in [1.807, 2.05) is 78.2 Å². The first kappa shape index (κ1) is 24.5. The highest BCUT2D eigenvalue weighted by Crippen LogP contribution is 2.25. The Morgan fingerprint density at radius 1 is 0.917 bits per heavy atom. The molecule has 3 aromatic carbocycles. The largest absolute Gasteiger partial charge is 0.497 e. The van der Waals surface area contributed by atoms with Crippen molar-refractivity contribution in [2.75, 3.05) is 24.9 Å². The number of aryl methyl sites for hydroxylation is 1. The first-order valence-corrected chi connectivity index (χ1v) is 11.4. The molecule has 8 nitrogen and oxygen atoms in total. The van der Waals surface area contributed by atoms with E-state index in [1.54, 1.807) is 26.7 Å². The van der Waals surface area contributed by atoms with E-state index in [-0.39, 0.29) is 18.2 Å². The molecule has 1 aromatic heterocycles. The van der Waals surface area contributed by atoms with Gasteiger partial charge in [-0.3, -0.25) is 9.59 Å². The molecule has 0 aliphatic rings. The number of hydrogen-bond acceptors (Lipinski definition) is 5. The van der Waals surface area contributed by atoms with Gasteiger partial charge >= 0.3 is 0 Å². The van der Waals surface area contributed by atoms with Crippen molar-refractivity contribution in [3.8, 4) is 11.5 Å². The molecule has 2 N–H and O–H groups in total. The monoisotopic (exact) mass is 484 g/mol. The summed E-state index contributed by atoms with van der Waals surface area (Å²) in [5.74, 6) is 0.891. The maximum Gasteiger partial charge on any atom is 0.275 e. The average Bonchev–Trinajstić information content (AvgIpc) is 3.34. The number of benzene rings is 3. The van der Waals surface area contributed by atoms with Crippen molar-refractivity contribution in [3.05, 3.63) is 102 Å². The smallest absolute Gasteiger partial charge is 0.275 e. The second-order valence-corrected chi connectivity index (χ2v) is 8.36. The number of methoxy groups -OCH3 is 2. The summed E-state index contributed by atoms with van der Waals surface area (Å²) in [5, 5.41) is 5.77. The Kier molecular flexibility index (Phi) is 7.65. The number of anilines is 2. The normalized spacial score (nSPS) is 10.5. The third kappa shape index (κ3) is 6.29. The summed E-state index contributed by atoms with van der Waals surface area (Å²) < 4.78 is 12.4. The highest BCUT2D eigenvalue weighted by atomic mass is 16.5. The van der Waals surface area contributed by atoms with Crippen LogP contribution in [0.2, 0.25) is 0 Å². The van der Waals surface area contributed by atoms with Gasteiger partial charge in [-0.25, -0.2) is 4.98 Å². The molecular weight excluding hydrogens is 456 g/mol. The minimum absolute atomic E-state index is 0.105. The lowest BCUT2D eigenvalue weighted by Gasteiger charge is -2.10. The molecule has 8 heteroatoms. The van der Waals surface area contributed by atoms with Crippen LogP contribution in [0.25, 0.3) is 0 Å². The number of aromatic nitrogens is 2. The van der Waals surface area contributed by atoms with Gasteiger partial charge in [0.2, 0.25) is 5.91 Å². The number of nitrogens with one attached hydrogen (secondary N) is 2. The number of carbonyl (C=O) groups excluding carboxylic acids is 2. The number of amides is 2. The molecule has 1 heterocycles. The fourth-order valence-electron chi connectivity index (χ4n) is 3.75. The molecular formula is C28H28N4O4. The Bertz CT molecular complexity index is 1360. The van der Waals surface area contributed by atoms with Crippen molar-refractivity contribution in [3.63, 3.8) is 0 Å². The molecule has 0 spiro atoms. The maximum absolute atomic E-state index is 12.7. The third-order valence-corrected chi connectivity index (χ3v) is 5.57. The minimum atomic E-state index is -0.313. The number of nitrogens with zero attached hydrogens (tertiary/aromatic N) is 2. The summed E-state index contributed by atoms with van der Waals surface area (Å²) in [6.45, 7) is 2.48. The van der Waals surface area contributed by atoms with Crippen LogP contribution >= 0.6 is 0 Å². The molecule has 0 atom stereocenters. The summed E-state index contributed by atoms with van der Waals surface area (Å²) in [4.78, 5) is 29.3. The predicted molar refractivity (Wildman–Crippen MR) is 139 cm³/mol. The zero-order valence-corrected chi connectivity index (χ0v) is 20.4.